The van der Waals surface area contributed by atoms with Gasteiger partial charge in [-0.3, -0.25) is 0 Å². The summed E-state index contributed by atoms with van der Waals surface area (Å²) < 4.78 is 27.6. The normalized spacial score (nSPS) is 17.0. The molecule has 1 fully saturated rings. The zero-order chi connectivity index (χ0) is 14.8. The largest absolute Gasteiger partial charge is 0.316 e. The summed E-state index contributed by atoms with van der Waals surface area (Å²) in [5.41, 5.74) is 1.06. The molecule has 0 unspecified atom stereocenters. The summed E-state index contributed by atoms with van der Waals surface area (Å²) in [5, 5.41) is 3.06. The first-order valence-electron chi connectivity index (χ1n) is 6.88. The van der Waals surface area contributed by atoms with Gasteiger partial charge < -0.3 is 5.32 Å². The van der Waals surface area contributed by atoms with E-state index in [0.29, 0.717) is 9.37 Å². The van der Waals surface area contributed by atoms with Crippen LogP contribution >= 0.6 is 15.9 Å². The predicted octanol–water partition coefficient (Wildman–Crippen LogP) is 2.73. The Hall–Kier alpha value is -0.430. The molecule has 0 aliphatic heterocycles. The van der Waals surface area contributed by atoms with Gasteiger partial charge in [-0.15, -0.1) is 0 Å². The molecule has 0 bridgehead atoms. The zero-order valence-corrected chi connectivity index (χ0v) is 14.3. The highest BCUT2D eigenvalue weighted by molar-refractivity contribution is 9.10. The first-order chi connectivity index (χ1) is 9.46. The second kappa shape index (κ2) is 6.56. The van der Waals surface area contributed by atoms with Gasteiger partial charge in [-0.05, 0) is 53.5 Å². The van der Waals surface area contributed by atoms with E-state index in [2.05, 4.69) is 21.2 Å². The molecule has 1 aromatic rings. The van der Waals surface area contributed by atoms with Gasteiger partial charge >= 0.3 is 0 Å². The third kappa shape index (κ3) is 3.24. The van der Waals surface area contributed by atoms with Crippen molar-refractivity contribution in [3.05, 3.63) is 28.2 Å². The molecule has 1 aliphatic carbocycles. The molecule has 0 spiro atoms. The monoisotopic (exact) mass is 360 g/mol. The molecule has 4 nitrogen and oxygen atoms in total. The van der Waals surface area contributed by atoms with Crippen LogP contribution in [-0.2, 0) is 16.6 Å². The van der Waals surface area contributed by atoms with Crippen molar-refractivity contribution in [3.8, 4) is 0 Å². The van der Waals surface area contributed by atoms with Gasteiger partial charge in [0.2, 0.25) is 10.0 Å². The zero-order valence-electron chi connectivity index (χ0n) is 11.9. The molecular formula is C14H21BrN2O2S. The lowest BCUT2D eigenvalue weighted by molar-refractivity contribution is 0.373. The highest BCUT2D eigenvalue weighted by Crippen LogP contribution is 2.30. The fraction of sp³-hybridized carbons (Fsp3) is 0.571. The average Bonchev–Trinajstić information content (AvgIpc) is 2.91. The van der Waals surface area contributed by atoms with Crippen molar-refractivity contribution in [2.24, 2.45) is 0 Å². The summed E-state index contributed by atoms with van der Waals surface area (Å²) in [6.45, 7) is 0.720. The van der Waals surface area contributed by atoms with Crippen molar-refractivity contribution in [2.45, 2.75) is 43.2 Å². The Bertz CT molecular complexity index is 569. The van der Waals surface area contributed by atoms with E-state index in [9.17, 15) is 8.42 Å². The molecule has 112 valence electrons. The molecule has 0 atom stereocenters. The summed E-state index contributed by atoms with van der Waals surface area (Å²) >= 11 is 3.40. The first-order valence-corrected chi connectivity index (χ1v) is 9.11. The molecule has 0 amide bonds. The number of hydrogen-bond donors (Lipinski definition) is 1. The number of nitrogens with zero attached hydrogens (tertiary/aromatic N) is 1. The van der Waals surface area contributed by atoms with Crippen LogP contribution in [0.1, 0.15) is 31.2 Å². The van der Waals surface area contributed by atoms with Crippen molar-refractivity contribution in [2.75, 3.05) is 14.1 Å². The van der Waals surface area contributed by atoms with Crippen molar-refractivity contribution >= 4 is 26.0 Å². The fourth-order valence-electron chi connectivity index (χ4n) is 2.69. The van der Waals surface area contributed by atoms with E-state index in [-0.39, 0.29) is 6.04 Å². The molecule has 6 heteroatoms. The minimum absolute atomic E-state index is 0.142. The molecule has 0 heterocycles. The Morgan fingerprint density at radius 2 is 2.00 bits per heavy atom. The van der Waals surface area contributed by atoms with Crippen LogP contribution in [0.2, 0.25) is 0 Å². The molecule has 1 aromatic carbocycles. The van der Waals surface area contributed by atoms with Crippen LogP contribution < -0.4 is 5.32 Å². The van der Waals surface area contributed by atoms with Gasteiger partial charge in [0.05, 0.1) is 4.90 Å². The predicted molar refractivity (Wildman–Crippen MR) is 84.1 cm³/mol. The van der Waals surface area contributed by atoms with E-state index >= 15 is 0 Å². The van der Waals surface area contributed by atoms with Gasteiger partial charge in [0.15, 0.2) is 0 Å². The number of sulfonamides is 1. The smallest absolute Gasteiger partial charge is 0.244 e. The summed E-state index contributed by atoms with van der Waals surface area (Å²) in [6.07, 6.45) is 4.16. The van der Waals surface area contributed by atoms with Crippen LogP contribution in [0.25, 0.3) is 0 Å². The average molecular weight is 361 g/mol. The van der Waals surface area contributed by atoms with Gasteiger partial charge in [0, 0.05) is 24.1 Å². The maximum Gasteiger partial charge on any atom is 0.244 e. The number of halogens is 1. The molecule has 0 saturated heterocycles. The highest BCUT2D eigenvalue weighted by Gasteiger charge is 2.31. The van der Waals surface area contributed by atoms with Crippen molar-refractivity contribution in [1.82, 2.24) is 9.62 Å². The Balaban J connectivity index is 2.29. The third-order valence-corrected chi connectivity index (χ3v) is 6.76. The van der Waals surface area contributed by atoms with E-state index in [4.69, 9.17) is 0 Å². The number of benzene rings is 1. The van der Waals surface area contributed by atoms with Crippen LogP contribution in [0.4, 0.5) is 0 Å². The Morgan fingerprint density at radius 3 is 2.55 bits per heavy atom. The van der Waals surface area contributed by atoms with Gasteiger partial charge in [-0.2, -0.15) is 4.31 Å². The van der Waals surface area contributed by atoms with E-state index in [0.717, 1.165) is 37.8 Å². The Kier molecular flexibility index (Phi) is 5.23. The lowest BCUT2D eigenvalue weighted by Gasteiger charge is -2.24. The number of nitrogens with one attached hydrogen (secondary N) is 1. The number of hydrogen-bond acceptors (Lipinski definition) is 3. The van der Waals surface area contributed by atoms with Gasteiger partial charge in [-0.25, -0.2) is 8.42 Å². The third-order valence-electron chi connectivity index (χ3n) is 3.87. The standard InChI is InChI=1S/C14H21BrN2O2S/c1-16-10-11-7-8-14(13(15)9-11)20(18,19)17(2)12-5-3-4-6-12/h7-9,12,16H,3-6,10H2,1-2H3. The van der Waals surface area contributed by atoms with Crippen LogP contribution in [0, 0.1) is 0 Å². The minimum atomic E-state index is -3.42. The maximum atomic E-state index is 12.7. The van der Waals surface area contributed by atoms with Crippen molar-refractivity contribution in [1.29, 1.82) is 0 Å². The second-order valence-corrected chi connectivity index (χ2v) is 8.07. The minimum Gasteiger partial charge on any atom is -0.316 e. The maximum absolute atomic E-state index is 12.7. The van der Waals surface area contributed by atoms with E-state index in [1.807, 2.05) is 19.2 Å². The quantitative estimate of drug-likeness (QED) is 0.877. The SMILES string of the molecule is CNCc1ccc(S(=O)(=O)N(C)C2CCCC2)c(Br)c1. The molecule has 0 aromatic heterocycles. The molecule has 2 rings (SSSR count). The fourth-order valence-corrected chi connectivity index (χ4v) is 5.19. The van der Waals surface area contributed by atoms with Gasteiger partial charge in [0.25, 0.3) is 0 Å². The van der Waals surface area contributed by atoms with Gasteiger partial charge in [-0.1, -0.05) is 18.9 Å². The van der Waals surface area contributed by atoms with Crippen LogP contribution in [0.5, 0.6) is 0 Å². The lowest BCUT2D eigenvalue weighted by atomic mass is 10.2. The lowest BCUT2D eigenvalue weighted by Crippen LogP contribution is -2.35. The molecule has 1 saturated carbocycles. The molecule has 1 N–H and O–H groups in total. The highest BCUT2D eigenvalue weighted by atomic mass is 79.9. The molecule has 1 aliphatic rings. The first kappa shape index (κ1) is 15.9. The number of rotatable bonds is 5. The molecule has 0 radical (unpaired) electrons. The van der Waals surface area contributed by atoms with Crippen molar-refractivity contribution in [3.63, 3.8) is 0 Å². The van der Waals surface area contributed by atoms with Crippen LogP contribution in [0.15, 0.2) is 27.6 Å². The van der Waals surface area contributed by atoms with E-state index in [1.54, 1.807) is 13.1 Å². The van der Waals surface area contributed by atoms with Crippen molar-refractivity contribution < 1.29 is 8.42 Å². The summed E-state index contributed by atoms with van der Waals surface area (Å²) in [4.78, 5) is 0.353. The summed E-state index contributed by atoms with van der Waals surface area (Å²) in [6, 6.07) is 5.56. The molecule has 20 heavy (non-hydrogen) atoms. The topological polar surface area (TPSA) is 49.4 Å². The Morgan fingerprint density at radius 1 is 1.35 bits per heavy atom. The van der Waals surface area contributed by atoms with Gasteiger partial charge in [0.1, 0.15) is 0 Å². The Labute approximate surface area is 129 Å². The summed E-state index contributed by atoms with van der Waals surface area (Å²) in [7, 11) is 0.142. The summed E-state index contributed by atoms with van der Waals surface area (Å²) in [5.74, 6) is 0. The molecular weight excluding hydrogens is 340 g/mol. The van der Waals surface area contributed by atoms with E-state index in [1.165, 1.54) is 4.31 Å². The van der Waals surface area contributed by atoms with Crippen LogP contribution in [-0.4, -0.2) is 32.9 Å². The van der Waals surface area contributed by atoms with Crippen LogP contribution in [0.3, 0.4) is 0 Å². The van der Waals surface area contributed by atoms with E-state index < -0.39 is 10.0 Å². The second-order valence-electron chi connectivity index (χ2n) is 5.25.